The van der Waals surface area contributed by atoms with E-state index in [1.54, 1.807) is 0 Å². The van der Waals surface area contributed by atoms with Crippen LogP contribution in [0.5, 0.6) is 0 Å². The Morgan fingerprint density at radius 2 is 2.00 bits per heavy atom. The summed E-state index contributed by atoms with van der Waals surface area (Å²) in [6, 6.07) is 0. The van der Waals surface area contributed by atoms with Crippen LogP contribution in [0.2, 0.25) is 0 Å². The van der Waals surface area contributed by atoms with E-state index in [0.29, 0.717) is 6.44 Å². The number of hydrogen-bond acceptors (Lipinski definition) is 2. The van der Waals surface area contributed by atoms with E-state index in [9.17, 15) is 4.70 Å². The van der Waals surface area contributed by atoms with E-state index in [2.05, 4.69) is 27.5 Å². The summed E-state index contributed by atoms with van der Waals surface area (Å²) in [5.74, 6) is 0.931. The van der Waals surface area contributed by atoms with E-state index >= 15 is 0 Å². The second kappa shape index (κ2) is 7.80. The quantitative estimate of drug-likeness (QED) is 0.325. The molecule has 1 aliphatic rings. The Morgan fingerprint density at radius 3 is 2.57 bits per heavy atom. The Kier molecular flexibility index (Phi) is 7.03. The van der Waals surface area contributed by atoms with Crippen LogP contribution in [-0.4, -0.2) is 36.0 Å². The standard InChI is InChI=1S/C10H19BINO/c12-6-2-1-3-10-4-7-13(8-5-10)9-11-14/h10H,1-9H2. The summed E-state index contributed by atoms with van der Waals surface area (Å²) < 4.78 is 11.6. The van der Waals surface area contributed by atoms with E-state index in [1.807, 2.05) is 0 Å². The molecule has 0 spiro atoms. The van der Waals surface area contributed by atoms with Crippen molar-refractivity contribution in [2.75, 3.05) is 24.0 Å². The Bertz CT molecular complexity index is 160. The SMILES string of the molecule is O=BCN1CCC(CCCCI)CC1. The van der Waals surface area contributed by atoms with Crippen LogP contribution in [0.3, 0.4) is 0 Å². The second-order valence-electron chi connectivity index (χ2n) is 4.10. The first kappa shape index (κ1) is 12.6. The molecule has 0 aromatic carbocycles. The van der Waals surface area contributed by atoms with Crippen molar-refractivity contribution in [1.29, 1.82) is 0 Å². The zero-order chi connectivity index (χ0) is 10.2. The topological polar surface area (TPSA) is 20.3 Å². The molecule has 0 amide bonds. The molecule has 0 aliphatic carbocycles. The number of nitrogens with zero attached hydrogens (tertiary/aromatic N) is 1. The number of likely N-dealkylation sites (tertiary alicyclic amines) is 1. The van der Waals surface area contributed by atoms with Crippen molar-refractivity contribution in [2.24, 2.45) is 5.92 Å². The van der Waals surface area contributed by atoms with Crippen molar-refractivity contribution in [2.45, 2.75) is 32.1 Å². The molecule has 0 unspecified atom stereocenters. The average molecular weight is 307 g/mol. The first-order valence-corrected chi connectivity index (χ1v) is 7.11. The molecule has 0 aromatic heterocycles. The third-order valence-corrected chi connectivity index (χ3v) is 3.80. The van der Waals surface area contributed by atoms with Crippen molar-refractivity contribution in [3.8, 4) is 0 Å². The van der Waals surface area contributed by atoms with Gasteiger partial charge in [-0.1, -0.05) is 0 Å². The molecule has 1 heterocycles. The molecule has 0 radical (unpaired) electrons. The Morgan fingerprint density at radius 1 is 1.29 bits per heavy atom. The predicted molar refractivity (Wildman–Crippen MR) is 68.3 cm³/mol. The van der Waals surface area contributed by atoms with Crippen LogP contribution in [0.4, 0.5) is 0 Å². The molecule has 0 saturated carbocycles. The van der Waals surface area contributed by atoms with Crippen LogP contribution in [0.1, 0.15) is 32.1 Å². The van der Waals surface area contributed by atoms with Gasteiger partial charge in [0.1, 0.15) is 0 Å². The second-order valence-corrected chi connectivity index (χ2v) is 5.17. The van der Waals surface area contributed by atoms with Gasteiger partial charge in [-0.25, -0.2) is 0 Å². The van der Waals surface area contributed by atoms with Gasteiger partial charge in [-0.05, 0) is 0 Å². The third kappa shape index (κ3) is 4.87. The molecule has 4 heteroatoms. The summed E-state index contributed by atoms with van der Waals surface area (Å²) in [5, 5.41) is 0. The van der Waals surface area contributed by atoms with Gasteiger partial charge < -0.3 is 0 Å². The predicted octanol–water partition coefficient (Wildman–Crippen LogP) is 2.31. The van der Waals surface area contributed by atoms with Crippen molar-refractivity contribution in [1.82, 2.24) is 4.90 Å². The molecular formula is C10H19BINO. The molecule has 0 aromatic rings. The van der Waals surface area contributed by atoms with Crippen molar-refractivity contribution < 1.29 is 4.70 Å². The fourth-order valence-electron chi connectivity index (χ4n) is 2.09. The normalized spacial score (nSPS) is 19.5. The first-order valence-electron chi connectivity index (χ1n) is 5.58. The molecule has 1 fully saturated rings. The first-order chi connectivity index (χ1) is 6.86. The van der Waals surface area contributed by atoms with Crippen LogP contribution in [0.15, 0.2) is 0 Å². The van der Waals surface area contributed by atoms with Gasteiger partial charge in [0.25, 0.3) is 0 Å². The van der Waals surface area contributed by atoms with Crippen molar-refractivity contribution in [3.63, 3.8) is 0 Å². The molecule has 1 saturated heterocycles. The molecule has 0 bridgehead atoms. The molecule has 1 rings (SSSR count). The van der Waals surface area contributed by atoms with Crippen molar-refractivity contribution >= 4 is 29.7 Å². The summed E-state index contributed by atoms with van der Waals surface area (Å²) >= 11 is 2.45. The van der Waals surface area contributed by atoms with E-state index in [0.717, 1.165) is 26.2 Å². The van der Waals surface area contributed by atoms with E-state index < -0.39 is 0 Å². The van der Waals surface area contributed by atoms with Crippen LogP contribution in [-0.2, 0) is 4.70 Å². The molecule has 80 valence electrons. The van der Waals surface area contributed by atoms with Crippen LogP contribution in [0.25, 0.3) is 0 Å². The summed E-state index contributed by atoms with van der Waals surface area (Å²) in [6.07, 6.45) is 7.40. The number of rotatable bonds is 6. The van der Waals surface area contributed by atoms with Gasteiger partial charge in [0.05, 0.1) is 0 Å². The Balaban J connectivity index is 2.06. The van der Waals surface area contributed by atoms with Gasteiger partial charge in [0.2, 0.25) is 0 Å². The van der Waals surface area contributed by atoms with E-state index in [1.165, 1.54) is 36.5 Å². The van der Waals surface area contributed by atoms with Crippen molar-refractivity contribution in [3.05, 3.63) is 0 Å². The number of unbranched alkanes of at least 4 members (excludes halogenated alkanes) is 1. The molecule has 0 N–H and O–H groups in total. The maximum atomic E-state index is 10.3. The number of halogens is 1. The van der Waals surface area contributed by atoms with E-state index in [4.69, 9.17) is 0 Å². The van der Waals surface area contributed by atoms with Crippen LogP contribution in [0, 0.1) is 5.92 Å². The monoisotopic (exact) mass is 307 g/mol. The third-order valence-electron chi connectivity index (χ3n) is 3.04. The summed E-state index contributed by atoms with van der Waals surface area (Å²) in [4.78, 5) is 2.27. The molecular weight excluding hydrogens is 288 g/mol. The molecule has 0 atom stereocenters. The number of piperidine rings is 1. The fraction of sp³-hybridized carbons (Fsp3) is 1.00. The van der Waals surface area contributed by atoms with Gasteiger partial charge in [-0.3, -0.25) is 0 Å². The summed E-state index contributed by atoms with van der Waals surface area (Å²) in [5.41, 5.74) is 0. The van der Waals surface area contributed by atoms with Gasteiger partial charge in [-0.2, -0.15) is 0 Å². The van der Waals surface area contributed by atoms with Gasteiger partial charge in [-0.15, -0.1) is 0 Å². The zero-order valence-corrected chi connectivity index (χ0v) is 10.9. The summed E-state index contributed by atoms with van der Waals surface area (Å²) in [6.45, 7) is 2.27. The van der Waals surface area contributed by atoms with Crippen LogP contribution < -0.4 is 0 Å². The fourth-order valence-corrected chi connectivity index (χ4v) is 2.63. The number of hydrogen-bond donors (Lipinski definition) is 0. The minimum atomic E-state index is 0.639. The molecule has 14 heavy (non-hydrogen) atoms. The molecule has 2 nitrogen and oxygen atoms in total. The minimum absolute atomic E-state index is 0.639. The Labute approximate surface area is 101 Å². The zero-order valence-electron chi connectivity index (χ0n) is 8.75. The molecule has 1 aliphatic heterocycles. The van der Waals surface area contributed by atoms with Crippen LogP contribution >= 0.6 is 22.6 Å². The number of alkyl halides is 1. The summed E-state index contributed by atoms with van der Waals surface area (Å²) in [7, 11) is 1.02. The Hall–Kier alpha value is 0.555. The van der Waals surface area contributed by atoms with E-state index in [-0.39, 0.29) is 0 Å². The van der Waals surface area contributed by atoms with Gasteiger partial charge in [0, 0.05) is 0 Å². The maximum absolute atomic E-state index is 10.3. The average Bonchev–Trinajstić information content (AvgIpc) is 2.21. The van der Waals surface area contributed by atoms with Gasteiger partial charge in [0.15, 0.2) is 0 Å². The van der Waals surface area contributed by atoms with Gasteiger partial charge >= 0.3 is 101 Å².